The molecule has 0 saturated carbocycles. The molecule has 1 saturated heterocycles. The number of likely N-dealkylation sites (tertiary alicyclic amines) is 1. The molecule has 0 spiro atoms. The Morgan fingerprint density at radius 1 is 1.32 bits per heavy atom. The van der Waals surface area contributed by atoms with E-state index in [4.69, 9.17) is 9.72 Å². The van der Waals surface area contributed by atoms with Gasteiger partial charge in [0.15, 0.2) is 0 Å². The number of imidazole rings is 1. The highest BCUT2D eigenvalue weighted by molar-refractivity contribution is 14.1. The summed E-state index contributed by atoms with van der Waals surface area (Å²) in [6.45, 7) is 8.52. The Morgan fingerprint density at radius 2 is 2.00 bits per heavy atom. The molecule has 2 aromatic rings. The minimum absolute atomic E-state index is 0.0672. The third kappa shape index (κ3) is 4.34. The first-order valence-electron chi connectivity index (χ1n) is 8.54. The van der Waals surface area contributed by atoms with E-state index >= 15 is 0 Å². The lowest BCUT2D eigenvalue weighted by Crippen LogP contribution is -2.37. The highest BCUT2D eigenvalue weighted by Crippen LogP contribution is 2.35. The quantitative estimate of drug-likeness (QED) is 0.652. The molecule has 1 aromatic heterocycles. The Balaban J connectivity index is 1.82. The van der Waals surface area contributed by atoms with Crippen molar-refractivity contribution in [3.63, 3.8) is 0 Å². The topological polar surface area (TPSA) is 58.2 Å². The Kier molecular flexibility index (Phi) is 5.09. The van der Waals surface area contributed by atoms with Gasteiger partial charge >= 0.3 is 6.09 Å². The van der Waals surface area contributed by atoms with E-state index in [1.165, 1.54) is 3.57 Å². The lowest BCUT2D eigenvalue weighted by Gasteiger charge is -2.27. The van der Waals surface area contributed by atoms with Gasteiger partial charge in [-0.25, -0.2) is 9.78 Å². The lowest BCUT2D eigenvalue weighted by molar-refractivity contribution is 0.0214. The van der Waals surface area contributed by atoms with Gasteiger partial charge in [0, 0.05) is 21.9 Å². The van der Waals surface area contributed by atoms with Crippen molar-refractivity contribution < 1.29 is 9.53 Å². The van der Waals surface area contributed by atoms with Gasteiger partial charge < -0.3 is 9.72 Å². The standard InChI is InChI=1S/C19H24IN3O2/c1-12-9-16(23(11-12)18(24)25-19(2,3)4)17-21-10-15(22-17)13-5-7-14(20)8-6-13/h5-8,10,12,16H,9,11H2,1-4H3,(H,21,22)/t12-,16-/m0/s1. The average Bonchev–Trinajstić information content (AvgIpc) is 3.12. The first-order valence-corrected chi connectivity index (χ1v) is 9.61. The second-order valence-corrected chi connectivity index (χ2v) is 8.91. The van der Waals surface area contributed by atoms with Crippen LogP contribution >= 0.6 is 22.6 Å². The molecule has 1 aliphatic heterocycles. The summed E-state index contributed by atoms with van der Waals surface area (Å²) in [6.07, 6.45) is 2.53. The summed E-state index contributed by atoms with van der Waals surface area (Å²) in [5.41, 5.74) is 1.47. The summed E-state index contributed by atoms with van der Waals surface area (Å²) in [5.74, 6) is 1.24. The highest BCUT2D eigenvalue weighted by atomic mass is 127. The summed E-state index contributed by atoms with van der Waals surface area (Å²) in [7, 11) is 0. The molecule has 1 aromatic carbocycles. The Labute approximate surface area is 162 Å². The van der Waals surface area contributed by atoms with Crippen LogP contribution in [0.4, 0.5) is 4.79 Å². The van der Waals surface area contributed by atoms with Crippen molar-refractivity contribution in [1.82, 2.24) is 14.9 Å². The molecule has 5 nitrogen and oxygen atoms in total. The van der Waals surface area contributed by atoms with Crippen molar-refractivity contribution in [1.29, 1.82) is 0 Å². The molecule has 1 aliphatic rings. The van der Waals surface area contributed by atoms with Crippen molar-refractivity contribution in [3.05, 3.63) is 39.9 Å². The van der Waals surface area contributed by atoms with Gasteiger partial charge in [0.05, 0.1) is 11.7 Å². The molecular formula is C19H24IN3O2. The van der Waals surface area contributed by atoms with Gasteiger partial charge in [-0.15, -0.1) is 0 Å². The van der Waals surface area contributed by atoms with E-state index in [0.717, 1.165) is 23.5 Å². The first kappa shape index (κ1) is 18.2. The van der Waals surface area contributed by atoms with E-state index in [-0.39, 0.29) is 12.1 Å². The van der Waals surface area contributed by atoms with Crippen molar-refractivity contribution in [2.24, 2.45) is 5.92 Å². The van der Waals surface area contributed by atoms with E-state index in [0.29, 0.717) is 12.5 Å². The first-order chi connectivity index (χ1) is 11.7. The van der Waals surface area contributed by atoms with Crippen LogP contribution in [0, 0.1) is 9.49 Å². The van der Waals surface area contributed by atoms with Gasteiger partial charge in [-0.1, -0.05) is 19.1 Å². The van der Waals surface area contributed by atoms with Gasteiger partial charge in [0.2, 0.25) is 0 Å². The molecule has 3 rings (SSSR count). The van der Waals surface area contributed by atoms with E-state index in [2.05, 4.69) is 58.8 Å². The molecule has 2 atom stereocenters. The number of H-pyrrole nitrogens is 1. The predicted octanol–water partition coefficient (Wildman–Crippen LogP) is 5.00. The van der Waals surface area contributed by atoms with Gasteiger partial charge in [-0.2, -0.15) is 0 Å². The number of aromatic amines is 1. The van der Waals surface area contributed by atoms with Gasteiger partial charge in [-0.3, -0.25) is 4.90 Å². The predicted molar refractivity (Wildman–Crippen MR) is 106 cm³/mol. The summed E-state index contributed by atoms with van der Waals surface area (Å²) in [4.78, 5) is 22.4. The fraction of sp³-hybridized carbons (Fsp3) is 0.474. The van der Waals surface area contributed by atoms with Crippen molar-refractivity contribution in [3.8, 4) is 11.3 Å². The van der Waals surface area contributed by atoms with Crippen LogP contribution in [0.15, 0.2) is 30.5 Å². The number of hydrogen-bond donors (Lipinski definition) is 1. The second kappa shape index (κ2) is 6.97. The maximum absolute atomic E-state index is 12.6. The zero-order valence-electron chi connectivity index (χ0n) is 15.0. The molecule has 1 N–H and O–H groups in total. The van der Waals surface area contributed by atoms with Crippen molar-refractivity contribution in [2.45, 2.75) is 45.8 Å². The average molecular weight is 453 g/mol. The van der Waals surface area contributed by atoms with Gasteiger partial charge in [0.1, 0.15) is 11.4 Å². The van der Waals surface area contributed by atoms with Crippen LogP contribution in [0.1, 0.15) is 46.0 Å². The molecule has 1 amide bonds. The fourth-order valence-corrected chi connectivity index (χ4v) is 3.46. The third-order valence-corrected chi connectivity index (χ3v) is 4.91. The summed E-state index contributed by atoms with van der Waals surface area (Å²) < 4.78 is 6.76. The molecule has 25 heavy (non-hydrogen) atoms. The van der Waals surface area contributed by atoms with Crippen LogP contribution in [0.25, 0.3) is 11.3 Å². The molecule has 0 bridgehead atoms. The summed E-state index contributed by atoms with van der Waals surface area (Å²) >= 11 is 2.29. The minimum atomic E-state index is -0.497. The maximum Gasteiger partial charge on any atom is 0.410 e. The molecular weight excluding hydrogens is 429 g/mol. The molecule has 1 fully saturated rings. The zero-order valence-corrected chi connectivity index (χ0v) is 17.2. The minimum Gasteiger partial charge on any atom is -0.444 e. The number of rotatable bonds is 2. The number of aromatic nitrogens is 2. The molecule has 6 heteroatoms. The lowest BCUT2D eigenvalue weighted by atomic mass is 10.1. The van der Waals surface area contributed by atoms with E-state index in [1.807, 2.05) is 27.0 Å². The van der Waals surface area contributed by atoms with Crippen molar-refractivity contribution in [2.75, 3.05) is 6.54 Å². The third-order valence-electron chi connectivity index (χ3n) is 4.19. The van der Waals surface area contributed by atoms with E-state index in [9.17, 15) is 4.79 Å². The smallest absolute Gasteiger partial charge is 0.410 e. The Hall–Kier alpha value is -1.57. The molecule has 134 valence electrons. The zero-order chi connectivity index (χ0) is 18.2. The number of benzene rings is 1. The second-order valence-electron chi connectivity index (χ2n) is 7.67. The van der Waals surface area contributed by atoms with Crippen LogP contribution in [0.3, 0.4) is 0 Å². The van der Waals surface area contributed by atoms with Crippen molar-refractivity contribution >= 4 is 28.7 Å². The number of nitrogens with zero attached hydrogens (tertiary/aromatic N) is 2. The largest absolute Gasteiger partial charge is 0.444 e. The van der Waals surface area contributed by atoms with E-state index in [1.54, 1.807) is 4.90 Å². The van der Waals surface area contributed by atoms with Gasteiger partial charge in [0.25, 0.3) is 0 Å². The van der Waals surface area contributed by atoms with Crippen LogP contribution in [-0.2, 0) is 4.74 Å². The van der Waals surface area contributed by atoms with E-state index < -0.39 is 5.60 Å². The van der Waals surface area contributed by atoms with Gasteiger partial charge in [-0.05, 0) is 67.8 Å². The summed E-state index contributed by atoms with van der Waals surface area (Å²) in [5, 5.41) is 0. The molecule has 2 heterocycles. The summed E-state index contributed by atoms with van der Waals surface area (Å²) in [6, 6.07) is 8.18. The van der Waals surface area contributed by atoms with Crippen LogP contribution in [0.2, 0.25) is 0 Å². The number of carbonyl (C=O) groups excluding carboxylic acids is 1. The highest BCUT2D eigenvalue weighted by Gasteiger charge is 2.38. The number of halogens is 1. The maximum atomic E-state index is 12.6. The fourth-order valence-electron chi connectivity index (χ4n) is 3.10. The number of nitrogens with one attached hydrogen (secondary N) is 1. The monoisotopic (exact) mass is 453 g/mol. The number of amides is 1. The molecule has 0 unspecified atom stereocenters. The molecule has 0 aliphatic carbocycles. The number of carbonyl (C=O) groups is 1. The Bertz CT molecular complexity index is 749. The number of ether oxygens (including phenoxy) is 1. The normalized spacial score (nSPS) is 20.8. The van der Waals surface area contributed by atoms with Crippen LogP contribution in [-0.4, -0.2) is 33.1 Å². The number of hydrogen-bond acceptors (Lipinski definition) is 3. The SMILES string of the molecule is C[C@H]1C[C@@H](c2nc(-c3ccc(I)cc3)c[nH]2)N(C(=O)OC(C)(C)C)C1. The molecule has 0 radical (unpaired) electrons. The van der Waals surface area contributed by atoms with Crippen LogP contribution in [0.5, 0.6) is 0 Å². The van der Waals surface area contributed by atoms with Crippen LogP contribution < -0.4 is 0 Å². The Morgan fingerprint density at radius 3 is 2.64 bits per heavy atom.